The molecular weight excluding hydrogens is 395 g/mol. The van der Waals surface area contributed by atoms with E-state index in [9.17, 15) is 21.6 Å². The maximum Gasteiger partial charge on any atom is 0.262 e. The van der Waals surface area contributed by atoms with Crippen LogP contribution in [0, 0.1) is 17.5 Å². The van der Waals surface area contributed by atoms with Gasteiger partial charge in [0.1, 0.15) is 5.82 Å². The van der Waals surface area contributed by atoms with Crippen LogP contribution < -0.4 is 4.72 Å². The molecule has 0 radical (unpaired) electrons. The summed E-state index contributed by atoms with van der Waals surface area (Å²) in [6.07, 6.45) is 0. The van der Waals surface area contributed by atoms with Gasteiger partial charge in [-0.25, -0.2) is 21.6 Å². The number of halogens is 5. The van der Waals surface area contributed by atoms with Crippen molar-refractivity contribution in [3.63, 3.8) is 0 Å². The topological polar surface area (TPSA) is 46.2 Å². The Morgan fingerprint density at radius 3 is 2.38 bits per heavy atom. The van der Waals surface area contributed by atoms with Crippen LogP contribution >= 0.6 is 27.5 Å². The van der Waals surface area contributed by atoms with Crippen molar-refractivity contribution in [3.8, 4) is 0 Å². The first-order valence-electron chi connectivity index (χ1n) is 5.33. The van der Waals surface area contributed by atoms with E-state index in [1.807, 2.05) is 0 Å². The molecule has 0 aliphatic heterocycles. The Labute approximate surface area is 131 Å². The molecule has 0 saturated carbocycles. The molecule has 21 heavy (non-hydrogen) atoms. The van der Waals surface area contributed by atoms with E-state index in [1.54, 1.807) is 4.72 Å². The summed E-state index contributed by atoms with van der Waals surface area (Å²) in [5.74, 6) is -4.10. The minimum Gasteiger partial charge on any atom is -0.276 e. The number of nitrogens with one attached hydrogen (secondary N) is 1. The molecule has 0 aliphatic carbocycles. The highest BCUT2D eigenvalue weighted by molar-refractivity contribution is 9.10. The van der Waals surface area contributed by atoms with Gasteiger partial charge in [-0.1, -0.05) is 11.6 Å². The molecule has 0 aliphatic rings. The van der Waals surface area contributed by atoms with Gasteiger partial charge in [0.2, 0.25) is 0 Å². The molecule has 2 aromatic carbocycles. The molecule has 0 heterocycles. The quantitative estimate of drug-likeness (QED) is 0.780. The van der Waals surface area contributed by atoms with Gasteiger partial charge in [0.15, 0.2) is 11.6 Å². The number of anilines is 1. The van der Waals surface area contributed by atoms with Gasteiger partial charge in [-0.2, -0.15) is 0 Å². The second-order valence-electron chi connectivity index (χ2n) is 3.93. The van der Waals surface area contributed by atoms with Crippen molar-refractivity contribution in [2.45, 2.75) is 4.90 Å². The highest BCUT2D eigenvalue weighted by Crippen LogP contribution is 2.27. The van der Waals surface area contributed by atoms with E-state index in [0.717, 1.165) is 0 Å². The van der Waals surface area contributed by atoms with Gasteiger partial charge in [0.25, 0.3) is 10.0 Å². The molecule has 1 N–H and O–H groups in total. The van der Waals surface area contributed by atoms with Crippen LogP contribution in [0.25, 0.3) is 0 Å². The Morgan fingerprint density at radius 2 is 1.76 bits per heavy atom. The standard InChI is InChI=1S/C12H6BrClF3NO2S/c13-8-5-7(1-2-9(8)14)21(19,20)18-11-4-6(15)3-10(16)12(11)17/h1-5,18H. The van der Waals surface area contributed by atoms with Gasteiger partial charge in [-0.05, 0) is 34.1 Å². The fraction of sp³-hybridized carbons (Fsp3) is 0. The summed E-state index contributed by atoms with van der Waals surface area (Å²) >= 11 is 8.78. The molecule has 0 amide bonds. The molecular formula is C12H6BrClF3NO2S. The van der Waals surface area contributed by atoms with Crippen LogP contribution in [0.3, 0.4) is 0 Å². The number of benzene rings is 2. The zero-order valence-corrected chi connectivity index (χ0v) is 13.2. The summed E-state index contributed by atoms with van der Waals surface area (Å²) in [6.45, 7) is 0. The molecule has 3 nitrogen and oxygen atoms in total. The van der Waals surface area contributed by atoms with Gasteiger partial charge >= 0.3 is 0 Å². The minimum atomic E-state index is -4.22. The van der Waals surface area contributed by atoms with E-state index in [1.165, 1.54) is 18.2 Å². The average Bonchev–Trinajstić information content (AvgIpc) is 2.38. The van der Waals surface area contributed by atoms with Crippen LogP contribution in [0.1, 0.15) is 0 Å². The van der Waals surface area contributed by atoms with E-state index in [4.69, 9.17) is 11.6 Å². The Balaban J connectivity index is 2.44. The van der Waals surface area contributed by atoms with Crippen molar-refractivity contribution in [2.75, 3.05) is 4.72 Å². The first-order valence-corrected chi connectivity index (χ1v) is 7.98. The molecule has 112 valence electrons. The van der Waals surface area contributed by atoms with Crippen molar-refractivity contribution in [2.24, 2.45) is 0 Å². The Kier molecular flexibility index (Phi) is 4.50. The summed E-state index contributed by atoms with van der Waals surface area (Å²) in [7, 11) is -4.22. The van der Waals surface area contributed by atoms with Crippen LogP contribution in [0.4, 0.5) is 18.9 Å². The molecule has 2 rings (SSSR count). The average molecular weight is 401 g/mol. The smallest absolute Gasteiger partial charge is 0.262 e. The number of rotatable bonds is 3. The largest absolute Gasteiger partial charge is 0.276 e. The summed E-state index contributed by atoms with van der Waals surface area (Å²) < 4.78 is 65.8. The van der Waals surface area contributed by atoms with E-state index < -0.39 is 33.2 Å². The highest BCUT2D eigenvalue weighted by atomic mass is 79.9. The third kappa shape index (κ3) is 3.50. The molecule has 0 bridgehead atoms. The van der Waals surface area contributed by atoms with Crippen molar-refractivity contribution in [1.29, 1.82) is 0 Å². The van der Waals surface area contributed by atoms with Crippen LogP contribution in [0.5, 0.6) is 0 Å². The zero-order chi connectivity index (χ0) is 15.8. The van der Waals surface area contributed by atoms with Gasteiger partial charge in [0, 0.05) is 16.6 Å². The third-order valence-electron chi connectivity index (χ3n) is 2.44. The van der Waals surface area contributed by atoms with Crippen molar-refractivity contribution >= 4 is 43.2 Å². The predicted octanol–water partition coefficient (Wildman–Crippen LogP) is 4.32. The lowest BCUT2D eigenvalue weighted by atomic mass is 10.3. The van der Waals surface area contributed by atoms with Crippen LogP contribution in [0.15, 0.2) is 39.7 Å². The van der Waals surface area contributed by atoms with Gasteiger partial charge in [-0.3, -0.25) is 4.72 Å². The fourth-order valence-corrected chi connectivity index (χ4v) is 3.20. The maximum atomic E-state index is 13.5. The maximum absolute atomic E-state index is 13.5. The zero-order valence-electron chi connectivity index (χ0n) is 10.0. The minimum absolute atomic E-state index is 0.247. The first-order chi connectivity index (χ1) is 9.70. The number of hydrogen-bond acceptors (Lipinski definition) is 2. The lowest BCUT2D eigenvalue weighted by Gasteiger charge is -2.10. The molecule has 0 saturated heterocycles. The summed E-state index contributed by atoms with van der Waals surface area (Å²) in [6, 6.07) is 4.51. The van der Waals surface area contributed by atoms with Crippen molar-refractivity contribution < 1.29 is 21.6 Å². The van der Waals surface area contributed by atoms with Crippen LogP contribution in [-0.2, 0) is 10.0 Å². The van der Waals surface area contributed by atoms with Crippen LogP contribution in [0.2, 0.25) is 5.02 Å². The molecule has 0 spiro atoms. The van der Waals surface area contributed by atoms with Gasteiger partial charge < -0.3 is 0 Å². The predicted molar refractivity (Wildman–Crippen MR) is 76.3 cm³/mol. The second-order valence-corrected chi connectivity index (χ2v) is 6.87. The number of hydrogen-bond donors (Lipinski definition) is 1. The van der Waals surface area contributed by atoms with E-state index in [-0.39, 0.29) is 9.92 Å². The Morgan fingerprint density at radius 1 is 1.10 bits per heavy atom. The second kappa shape index (κ2) is 5.86. The first kappa shape index (κ1) is 16.1. The van der Waals surface area contributed by atoms with Crippen molar-refractivity contribution in [1.82, 2.24) is 0 Å². The van der Waals surface area contributed by atoms with E-state index >= 15 is 0 Å². The summed E-state index contributed by atoms with van der Waals surface area (Å²) in [4.78, 5) is -0.247. The van der Waals surface area contributed by atoms with Gasteiger partial charge in [-0.15, -0.1) is 0 Å². The SMILES string of the molecule is O=S(=O)(Nc1cc(F)cc(F)c1F)c1ccc(Cl)c(Br)c1. The fourth-order valence-electron chi connectivity index (χ4n) is 1.48. The summed E-state index contributed by atoms with van der Waals surface area (Å²) in [5, 5.41) is 0.275. The summed E-state index contributed by atoms with van der Waals surface area (Å²) in [5.41, 5.74) is -0.821. The molecule has 0 fully saturated rings. The molecule has 9 heteroatoms. The van der Waals surface area contributed by atoms with E-state index in [0.29, 0.717) is 16.6 Å². The molecule has 0 atom stereocenters. The monoisotopic (exact) mass is 399 g/mol. The normalized spacial score (nSPS) is 11.5. The van der Waals surface area contributed by atoms with Crippen molar-refractivity contribution in [3.05, 3.63) is 57.3 Å². The molecule has 2 aromatic rings. The number of sulfonamides is 1. The van der Waals surface area contributed by atoms with Crippen LogP contribution in [-0.4, -0.2) is 8.42 Å². The Bertz CT molecular complexity index is 814. The van der Waals surface area contributed by atoms with Gasteiger partial charge in [0.05, 0.1) is 15.6 Å². The lowest BCUT2D eigenvalue weighted by molar-refractivity contribution is 0.498. The molecule has 0 unspecified atom stereocenters. The molecule has 0 aromatic heterocycles. The van der Waals surface area contributed by atoms with E-state index in [2.05, 4.69) is 15.9 Å². The highest BCUT2D eigenvalue weighted by Gasteiger charge is 2.20. The third-order valence-corrected chi connectivity index (χ3v) is 5.02. The Hall–Kier alpha value is -1.25. The lowest BCUT2D eigenvalue weighted by Crippen LogP contribution is -2.14.